The number of nitrogens with zero attached hydrogens (tertiary/aromatic N) is 2. The van der Waals surface area contributed by atoms with Crippen molar-refractivity contribution in [3.05, 3.63) is 182 Å². The third kappa shape index (κ3) is 4.90. The lowest BCUT2D eigenvalue weighted by atomic mass is 9.91. The number of anilines is 3. The summed E-state index contributed by atoms with van der Waals surface area (Å²) in [5, 5.41) is 4.44. The molecule has 48 heavy (non-hydrogen) atoms. The minimum Gasteiger partial charge on any atom is -0.435 e. The van der Waals surface area contributed by atoms with Crippen molar-refractivity contribution in [2.45, 2.75) is 0 Å². The lowest BCUT2D eigenvalue weighted by Crippen LogP contribution is -2.09. The molecule has 0 N–H and O–H groups in total. The van der Waals surface area contributed by atoms with E-state index in [2.05, 4.69) is 157 Å². The predicted octanol–water partition coefficient (Wildman–Crippen LogP) is 12.6. The monoisotopic (exact) mass is 614 g/mol. The van der Waals surface area contributed by atoms with Crippen LogP contribution in [0.1, 0.15) is 0 Å². The molecular formula is C45H30N2O. The normalized spacial score (nSPS) is 11.3. The minimum absolute atomic E-state index is 0.621. The number of benzene rings is 8. The zero-order valence-corrected chi connectivity index (χ0v) is 26.1. The van der Waals surface area contributed by atoms with Crippen molar-refractivity contribution in [1.82, 2.24) is 4.98 Å². The van der Waals surface area contributed by atoms with E-state index in [1.165, 1.54) is 11.1 Å². The molecule has 0 atom stereocenters. The molecule has 0 aliphatic carbocycles. The van der Waals surface area contributed by atoms with Gasteiger partial charge < -0.3 is 9.32 Å². The fourth-order valence-corrected chi connectivity index (χ4v) is 6.76. The summed E-state index contributed by atoms with van der Waals surface area (Å²) in [5.74, 6) is 0.621. The highest BCUT2D eigenvalue weighted by molar-refractivity contribution is 6.22. The Bertz CT molecular complexity index is 2480. The molecule has 0 aliphatic heterocycles. The molecule has 0 saturated carbocycles. The summed E-state index contributed by atoms with van der Waals surface area (Å²) >= 11 is 0. The number of rotatable bonds is 6. The van der Waals surface area contributed by atoms with Crippen LogP contribution in [0.4, 0.5) is 17.1 Å². The van der Waals surface area contributed by atoms with Gasteiger partial charge in [-0.3, -0.25) is 0 Å². The number of para-hydroxylation sites is 2. The van der Waals surface area contributed by atoms with Crippen LogP contribution in [0.15, 0.2) is 186 Å². The molecule has 0 spiro atoms. The molecule has 0 radical (unpaired) electrons. The summed E-state index contributed by atoms with van der Waals surface area (Å²) in [6, 6.07) is 63.9. The van der Waals surface area contributed by atoms with Crippen LogP contribution in [0, 0.1) is 0 Å². The average Bonchev–Trinajstić information content (AvgIpc) is 3.61. The molecule has 9 rings (SSSR count). The Morgan fingerprint density at radius 2 is 0.979 bits per heavy atom. The van der Waals surface area contributed by atoms with Gasteiger partial charge in [-0.2, -0.15) is 0 Å². The van der Waals surface area contributed by atoms with Crippen LogP contribution < -0.4 is 4.90 Å². The van der Waals surface area contributed by atoms with Gasteiger partial charge in [0.05, 0.1) is 0 Å². The number of aromatic nitrogens is 1. The lowest BCUT2D eigenvalue weighted by molar-refractivity contribution is 0.623. The van der Waals surface area contributed by atoms with E-state index in [4.69, 9.17) is 9.40 Å². The zero-order chi connectivity index (χ0) is 31.9. The topological polar surface area (TPSA) is 29.3 Å². The molecule has 0 aliphatic rings. The molecular weight excluding hydrogens is 585 g/mol. The maximum absolute atomic E-state index is 6.69. The van der Waals surface area contributed by atoms with Crippen molar-refractivity contribution in [2.75, 3.05) is 4.90 Å². The van der Waals surface area contributed by atoms with E-state index >= 15 is 0 Å². The molecule has 3 nitrogen and oxygen atoms in total. The quantitative estimate of drug-likeness (QED) is 0.175. The molecule has 0 amide bonds. The molecule has 9 aromatic rings. The first-order valence-electron chi connectivity index (χ1n) is 16.2. The van der Waals surface area contributed by atoms with Gasteiger partial charge in [-0.1, -0.05) is 121 Å². The van der Waals surface area contributed by atoms with E-state index in [0.717, 1.165) is 66.4 Å². The van der Waals surface area contributed by atoms with Gasteiger partial charge in [0.2, 0.25) is 5.89 Å². The molecule has 226 valence electrons. The van der Waals surface area contributed by atoms with Crippen LogP contribution in [0.2, 0.25) is 0 Å². The van der Waals surface area contributed by atoms with Crippen molar-refractivity contribution in [2.24, 2.45) is 0 Å². The van der Waals surface area contributed by atoms with Crippen molar-refractivity contribution in [3.63, 3.8) is 0 Å². The van der Waals surface area contributed by atoms with Crippen LogP contribution in [-0.2, 0) is 0 Å². The van der Waals surface area contributed by atoms with Gasteiger partial charge in [0, 0.05) is 28.0 Å². The summed E-state index contributed by atoms with van der Waals surface area (Å²) in [5.41, 5.74) is 10.6. The highest BCUT2D eigenvalue weighted by Crippen LogP contribution is 2.43. The summed E-state index contributed by atoms with van der Waals surface area (Å²) < 4.78 is 6.69. The fourth-order valence-electron chi connectivity index (χ4n) is 6.76. The van der Waals surface area contributed by atoms with Gasteiger partial charge in [0.25, 0.3) is 0 Å². The lowest BCUT2D eigenvalue weighted by Gasteiger charge is -2.26. The molecule has 8 aromatic carbocycles. The highest BCUT2D eigenvalue weighted by Gasteiger charge is 2.19. The Hall–Kier alpha value is -6.45. The van der Waals surface area contributed by atoms with Crippen LogP contribution in [0.25, 0.3) is 66.4 Å². The average molecular weight is 615 g/mol. The van der Waals surface area contributed by atoms with Gasteiger partial charge in [-0.05, 0) is 99.1 Å². The largest absolute Gasteiger partial charge is 0.435 e. The van der Waals surface area contributed by atoms with E-state index in [-0.39, 0.29) is 0 Å². The standard InChI is InChI=1S/C45H30N2O/c1-5-13-31(14-6-1)32-21-23-33(24-22-32)40-29-35-25-26-38(47(36-17-9-3-10-18-36)37-19-11-4-12-20-37)30-41(35)43-39(40)27-28-42-44(43)48-45(46-42)34-15-7-2-8-16-34/h1-30H. The maximum Gasteiger partial charge on any atom is 0.227 e. The van der Waals surface area contributed by atoms with Gasteiger partial charge in [0.1, 0.15) is 5.52 Å². The minimum atomic E-state index is 0.621. The van der Waals surface area contributed by atoms with Crippen molar-refractivity contribution in [1.29, 1.82) is 0 Å². The summed E-state index contributed by atoms with van der Waals surface area (Å²) in [6.45, 7) is 0. The first-order valence-corrected chi connectivity index (χ1v) is 16.2. The van der Waals surface area contributed by atoms with E-state index in [9.17, 15) is 0 Å². The molecule has 1 aromatic heterocycles. The maximum atomic E-state index is 6.69. The zero-order valence-electron chi connectivity index (χ0n) is 26.1. The van der Waals surface area contributed by atoms with Gasteiger partial charge in [-0.25, -0.2) is 4.98 Å². The van der Waals surface area contributed by atoms with Crippen molar-refractivity contribution in [3.8, 4) is 33.7 Å². The van der Waals surface area contributed by atoms with E-state index < -0.39 is 0 Å². The smallest absolute Gasteiger partial charge is 0.227 e. The predicted molar refractivity (Wildman–Crippen MR) is 200 cm³/mol. The fraction of sp³-hybridized carbons (Fsp3) is 0. The first-order chi connectivity index (χ1) is 23.8. The van der Waals surface area contributed by atoms with Crippen LogP contribution in [0.3, 0.4) is 0 Å². The van der Waals surface area contributed by atoms with E-state index in [1.807, 2.05) is 30.3 Å². The Morgan fingerprint density at radius 3 is 1.62 bits per heavy atom. The second-order valence-corrected chi connectivity index (χ2v) is 12.0. The molecule has 0 fully saturated rings. The molecule has 0 saturated heterocycles. The van der Waals surface area contributed by atoms with Crippen LogP contribution in [0.5, 0.6) is 0 Å². The van der Waals surface area contributed by atoms with E-state index in [1.54, 1.807) is 0 Å². The molecule has 0 bridgehead atoms. The Kier molecular flexibility index (Phi) is 6.80. The number of hydrogen-bond acceptors (Lipinski definition) is 3. The van der Waals surface area contributed by atoms with E-state index in [0.29, 0.717) is 5.89 Å². The molecule has 3 heteroatoms. The summed E-state index contributed by atoms with van der Waals surface area (Å²) in [6.07, 6.45) is 0. The van der Waals surface area contributed by atoms with Crippen molar-refractivity contribution < 1.29 is 4.42 Å². The van der Waals surface area contributed by atoms with Crippen LogP contribution in [-0.4, -0.2) is 4.98 Å². The number of oxazole rings is 1. The highest BCUT2D eigenvalue weighted by atomic mass is 16.3. The first kappa shape index (κ1) is 27.8. The third-order valence-electron chi connectivity index (χ3n) is 9.06. The Labute approximate surface area is 279 Å². The second kappa shape index (κ2) is 11.7. The Morgan fingerprint density at radius 1 is 0.417 bits per heavy atom. The van der Waals surface area contributed by atoms with Gasteiger partial charge in [-0.15, -0.1) is 0 Å². The van der Waals surface area contributed by atoms with Crippen molar-refractivity contribution >= 4 is 49.7 Å². The van der Waals surface area contributed by atoms with Gasteiger partial charge in [0.15, 0.2) is 5.58 Å². The number of fused-ring (bicyclic) bond motifs is 5. The summed E-state index contributed by atoms with van der Waals surface area (Å²) in [7, 11) is 0. The number of hydrogen-bond donors (Lipinski definition) is 0. The molecule has 1 heterocycles. The molecule has 0 unspecified atom stereocenters. The third-order valence-corrected chi connectivity index (χ3v) is 9.06. The van der Waals surface area contributed by atoms with Crippen LogP contribution >= 0.6 is 0 Å². The summed E-state index contributed by atoms with van der Waals surface area (Å²) in [4.78, 5) is 7.27. The Balaban J connectivity index is 1.30. The second-order valence-electron chi connectivity index (χ2n) is 12.0. The van der Waals surface area contributed by atoms with Gasteiger partial charge >= 0.3 is 0 Å². The SMILES string of the molecule is c1ccc(-c2ccc(-c3cc4ccc(N(c5ccccc5)c5ccccc5)cc4c4c3ccc3nc(-c5ccccc5)oc34)cc2)cc1.